The highest BCUT2D eigenvalue weighted by Crippen LogP contribution is 2.22. The van der Waals surface area contributed by atoms with Crippen LogP contribution >= 0.6 is 12.4 Å². The van der Waals surface area contributed by atoms with Gasteiger partial charge in [-0.1, -0.05) is 46.8 Å². The second-order valence-electron chi connectivity index (χ2n) is 8.08. The Hall–Kier alpha value is -1.59. The minimum absolute atomic E-state index is 0. The van der Waals surface area contributed by atoms with Crippen molar-refractivity contribution in [1.29, 1.82) is 0 Å². The molecule has 5 nitrogen and oxygen atoms in total. The molecule has 0 aromatic heterocycles. The largest absolute Gasteiger partial charge is 0.354 e. The summed E-state index contributed by atoms with van der Waals surface area (Å²) in [6.45, 7) is 12.6. The van der Waals surface area contributed by atoms with Crippen molar-refractivity contribution in [2.45, 2.75) is 65.5 Å². The third-order valence-electron chi connectivity index (χ3n) is 4.15. The van der Waals surface area contributed by atoms with Crippen molar-refractivity contribution in [3.8, 4) is 0 Å². The van der Waals surface area contributed by atoms with Crippen LogP contribution in [0.2, 0.25) is 0 Å². The molecule has 0 radical (unpaired) electrons. The molecule has 0 saturated carbocycles. The second-order valence-corrected chi connectivity index (χ2v) is 8.08. The van der Waals surface area contributed by atoms with E-state index in [0.717, 1.165) is 5.56 Å². The van der Waals surface area contributed by atoms with E-state index in [1.807, 2.05) is 32.9 Å². The number of benzene rings is 1. The van der Waals surface area contributed by atoms with Gasteiger partial charge in [-0.2, -0.15) is 0 Å². The van der Waals surface area contributed by atoms with Crippen LogP contribution in [0.4, 0.5) is 0 Å². The molecule has 1 aromatic rings. The van der Waals surface area contributed by atoms with Crippen molar-refractivity contribution in [1.82, 2.24) is 10.6 Å². The van der Waals surface area contributed by atoms with Crippen LogP contribution in [0.1, 0.15) is 63.9 Å². The topological polar surface area (TPSA) is 84.2 Å². The van der Waals surface area contributed by atoms with E-state index in [1.54, 1.807) is 12.1 Å². The summed E-state index contributed by atoms with van der Waals surface area (Å²) in [5.74, 6) is -0.412. The average Bonchev–Trinajstić information content (AvgIpc) is 2.50. The Balaban J connectivity index is 0.00000625. The van der Waals surface area contributed by atoms with Gasteiger partial charge in [0.2, 0.25) is 5.91 Å². The minimum atomic E-state index is -0.567. The molecule has 2 unspecified atom stereocenters. The number of rotatable bonds is 7. The number of halogens is 1. The molecule has 0 heterocycles. The van der Waals surface area contributed by atoms with Gasteiger partial charge in [-0.15, -0.1) is 12.4 Å². The van der Waals surface area contributed by atoms with Crippen LogP contribution in [0.3, 0.4) is 0 Å². The Morgan fingerprint density at radius 3 is 2.04 bits per heavy atom. The molecule has 1 rings (SSSR count). The molecule has 1 aromatic carbocycles. The lowest BCUT2D eigenvalue weighted by molar-refractivity contribution is -0.123. The van der Waals surface area contributed by atoms with Crippen LogP contribution < -0.4 is 16.4 Å². The highest BCUT2D eigenvalue weighted by molar-refractivity contribution is 5.97. The molecule has 6 heteroatoms. The summed E-state index contributed by atoms with van der Waals surface area (Å²) in [5, 5.41) is 5.69. The number of hydrogen-bond donors (Lipinski definition) is 3. The van der Waals surface area contributed by atoms with Crippen molar-refractivity contribution in [2.24, 2.45) is 11.7 Å². The Labute approximate surface area is 163 Å². The van der Waals surface area contributed by atoms with Gasteiger partial charge in [-0.25, -0.2) is 0 Å². The van der Waals surface area contributed by atoms with Gasteiger partial charge in [0, 0.05) is 18.2 Å². The summed E-state index contributed by atoms with van der Waals surface area (Å²) in [5.41, 5.74) is 7.45. The summed E-state index contributed by atoms with van der Waals surface area (Å²) in [6, 6.07) is 7.00. The molecule has 0 aliphatic heterocycles. The molecule has 0 aliphatic carbocycles. The lowest BCUT2D eigenvalue weighted by Crippen LogP contribution is -2.50. The summed E-state index contributed by atoms with van der Waals surface area (Å²) >= 11 is 0. The van der Waals surface area contributed by atoms with Gasteiger partial charge >= 0.3 is 0 Å². The van der Waals surface area contributed by atoms with Gasteiger partial charge in [-0.05, 0) is 42.4 Å². The maximum Gasteiger partial charge on any atom is 0.251 e. The van der Waals surface area contributed by atoms with Crippen molar-refractivity contribution in [2.75, 3.05) is 6.54 Å². The molecule has 26 heavy (non-hydrogen) atoms. The SMILES string of the molecule is CC(N)CCNC(=O)C(NC(=O)c1ccc(C(C)(C)C)cc1)C(C)C.Cl. The minimum Gasteiger partial charge on any atom is -0.354 e. The number of hydrogen-bond acceptors (Lipinski definition) is 3. The van der Waals surface area contributed by atoms with E-state index < -0.39 is 6.04 Å². The zero-order chi connectivity index (χ0) is 19.2. The Bertz CT molecular complexity index is 578. The number of carbonyl (C=O) groups is 2. The van der Waals surface area contributed by atoms with Crippen LogP contribution in [0.5, 0.6) is 0 Å². The molecule has 0 fully saturated rings. The molecule has 148 valence electrons. The molecule has 0 bridgehead atoms. The predicted molar refractivity (Wildman–Crippen MR) is 110 cm³/mol. The smallest absolute Gasteiger partial charge is 0.251 e. The summed E-state index contributed by atoms with van der Waals surface area (Å²) in [7, 11) is 0. The maximum absolute atomic E-state index is 12.5. The second kappa shape index (κ2) is 10.5. The zero-order valence-corrected chi connectivity index (χ0v) is 17.6. The van der Waals surface area contributed by atoms with E-state index in [1.165, 1.54) is 0 Å². The molecule has 0 saturated heterocycles. The van der Waals surface area contributed by atoms with E-state index in [0.29, 0.717) is 18.5 Å². The van der Waals surface area contributed by atoms with E-state index in [9.17, 15) is 9.59 Å². The monoisotopic (exact) mass is 383 g/mol. The van der Waals surface area contributed by atoms with Crippen LogP contribution in [0.15, 0.2) is 24.3 Å². The van der Waals surface area contributed by atoms with Crippen molar-refractivity contribution < 1.29 is 9.59 Å². The third-order valence-corrected chi connectivity index (χ3v) is 4.15. The molecular formula is C20H34ClN3O2. The first-order valence-electron chi connectivity index (χ1n) is 8.97. The summed E-state index contributed by atoms with van der Waals surface area (Å²) < 4.78 is 0. The van der Waals surface area contributed by atoms with Gasteiger partial charge in [0.15, 0.2) is 0 Å². The first kappa shape index (κ1) is 24.4. The lowest BCUT2D eigenvalue weighted by Gasteiger charge is -2.22. The van der Waals surface area contributed by atoms with Crippen LogP contribution in [0, 0.1) is 5.92 Å². The van der Waals surface area contributed by atoms with E-state index in [-0.39, 0.29) is 41.6 Å². The number of carbonyl (C=O) groups excluding carboxylic acids is 2. The molecule has 2 atom stereocenters. The lowest BCUT2D eigenvalue weighted by atomic mass is 9.86. The predicted octanol–water partition coefficient (Wildman–Crippen LogP) is 3.01. The fourth-order valence-electron chi connectivity index (χ4n) is 2.41. The fraction of sp³-hybridized carbons (Fsp3) is 0.600. The Kier molecular flexibility index (Phi) is 9.89. The Morgan fingerprint density at radius 2 is 1.62 bits per heavy atom. The standard InChI is InChI=1S/C20H33N3O2.ClH/c1-13(2)17(19(25)22-12-11-14(3)21)23-18(24)15-7-9-16(10-8-15)20(4,5)6;/h7-10,13-14,17H,11-12,21H2,1-6H3,(H,22,25)(H,23,24);1H. The van der Waals surface area contributed by atoms with Crippen molar-refractivity contribution in [3.05, 3.63) is 35.4 Å². The van der Waals surface area contributed by atoms with Gasteiger partial charge in [0.05, 0.1) is 0 Å². The van der Waals surface area contributed by atoms with Gasteiger partial charge in [0.25, 0.3) is 5.91 Å². The molecule has 0 spiro atoms. The van der Waals surface area contributed by atoms with Crippen LogP contribution in [-0.2, 0) is 10.2 Å². The normalized spacial score (nSPS) is 13.5. The number of nitrogens with two attached hydrogens (primary N) is 1. The van der Waals surface area contributed by atoms with Crippen LogP contribution in [0.25, 0.3) is 0 Å². The van der Waals surface area contributed by atoms with Crippen LogP contribution in [-0.4, -0.2) is 30.4 Å². The van der Waals surface area contributed by atoms with Gasteiger partial charge in [-0.3, -0.25) is 9.59 Å². The molecule has 2 amide bonds. The molecule has 0 aliphatic rings. The van der Waals surface area contributed by atoms with E-state index in [2.05, 4.69) is 31.4 Å². The molecular weight excluding hydrogens is 350 g/mol. The zero-order valence-electron chi connectivity index (χ0n) is 16.8. The first-order chi connectivity index (χ1) is 11.5. The van der Waals surface area contributed by atoms with E-state index in [4.69, 9.17) is 5.73 Å². The summed E-state index contributed by atoms with van der Waals surface area (Å²) in [6.07, 6.45) is 0.707. The number of amides is 2. The Morgan fingerprint density at radius 1 is 1.08 bits per heavy atom. The highest BCUT2D eigenvalue weighted by Gasteiger charge is 2.24. The van der Waals surface area contributed by atoms with Gasteiger partial charge in [0.1, 0.15) is 6.04 Å². The van der Waals surface area contributed by atoms with Crippen molar-refractivity contribution in [3.63, 3.8) is 0 Å². The van der Waals surface area contributed by atoms with E-state index >= 15 is 0 Å². The highest BCUT2D eigenvalue weighted by atomic mass is 35.5. The fourth-order valence-corrected chi connectivity index (χ4v) is 2.41. The average molecular weight is 384 g/mol. The van der Waals surface area contributed by atoms with Crippen molar-refractivity contribution >= 4 is 24.2 Å². The summed E-state index contributed by atoms with van der Waals surface area (Å²) in [4.78, 5) is 24.8. The van der Waals surface area contributed by atoms with Gasteiger partial charge < -0.3 is 16.4 Å². The number of nitrogens with one attached hydrogen (secondary N) is 2. The maximum atomic E-state index is 12.5. The molecule has 4 N–H and O–H groups in total. The third kappa shape index (κ3) is 7.75. The quantitative estimate of drug-likeness (QED) is 0.676. The first-order valence-corrected chi connectivity index (χ1v) is 8.97.